The maximum atomic E-state index is 11.5. The van der Waals surface area contributed by atoms with E-state index in [1.54, 1.807) is 6.92 Å². The fraction of sp³-hybridized carbons (Fsp3) is 0.533. The van der Waals surface area contributed by atoms with Gasteiger partial charge in [-0.05, 0) is 57.7 Å². The molecule has 0 aromatic heterocycles. The summed E-state index contributed by atoms with van der Waals surface area (Å²) in [6.07, 6.45) is 3.04. The highest BCUT2D eigenvalue weighted by Gasteiger charge is 2.10. The van der Waals surface area contributed by atoms with E-state index < -0.39 is 0 Å². The molecule has 1 aromatic rings. The van der Waals surface area contributed by atoms with Gasteiger partial charge in [0.05, 0.1) is 12.2 Å². The zero-order valence-electron chi connectivity index (χ0n) is 11.5. The standard InChI is InChI=1S/C15H23NO2/c1-4-18-14(17)13-9-7-12(8-10-13)6-5-11-15(2,3)16/h7-10H,4-6,11,16H2,1-3H3. The first kappa shape index (κ1) is 14.7. The van der Waals surface area contributed by atoms with Crippen LogP contribution < -0.4 is 5.73 Å². The van der Waals surface area contributed by atoms with Crippen molar-refractivity contribution >= 4 is 5.97 Å². The number of rotatable bonds is 6. The second-order valence-corrected chi connectivity index (χ2v) is 5.26. The van der Waals surface area contributed by atoms with Crippen LogP contribution in [0.4, 0.5) is 0 Å². The number of esters is 1. The lowest BCUT2D eigenvalue weighted by molar-refractivity contribution is 0.0526. The molecule has 0 unspecified atom stereocenters. The number of benzene rings is 1. The number of carbonyl (C=O) groups excluding carboxylic acids is 1. The summed E-state index contributed by atoms with van der Waals surface area (Å²) in [5.41, 5.74) is 7.67. The van der Waals surface area contributed by atoms with Gasteiger partial charge in [0.25, 0.3) is 0 Å². The van der Waals surface area contributed by atoms with Crippen LogP contribution in [-0.2, 0) is 11.2 Å². The van der Waals surface area contributed by atoms with Gasteiger partial charge in [0.1, 0.15) is 0 Å². The SMILES string of the molecule is CCOC(=O)c1ccc(CCCC(C)(C)N)cc1. The topological polar surface area (TPSA) is 52.3 Å². The first-order valence-electron chi connectivity index (χ1n) is 6.47. The van der Waals surface area contributed by atoms with E-state index in [-0.39, 0.29) is 11.5 Å². The number of hydrogen-bond acceptors (Lipinski definition) is 3. The van der Waals surface area contributed by atoms with Crippen LogP contribution in [-0.4, -0.2) is 18.1 Å². The minimum absolute atomic E-state index is 0.106. The number of ether oxygens (including phenoxy) is 1. The molecule has 0 aliphatic rings. The zero-order chi connectivity index (χ0) is 13.6. The first-order valence-corrected chi connectivity index (χ1v) is 6.47. The Morgan fingerprint density at radius 1 is 1.28 bits per heavy atom. The molecule has 0 aliphatic carbocycles. The van der Waals surface area contributed by atoms with Gasteiger partial charge in [0.2, 0.25) is 0 Å². The molecule has 1 aromatic carbocycles. The van der Waals surface area contributed by atoms with E-state index in [1.165, 1.54) is 5.56 Å². The summed E-state index contributed by atoms with van der Waals surface area (Å²) < 4.78 is 4.94. The average molecular weight is 249 g/mol. The second kappa shape index (κ2) is 6.55. The van der Waals surface area contributed by atoms with Crippen LogP contribution in [0.15, 0.2) is 24.3 Å². The van der Waals surface area contributed by atoms with E-state index in [2.05, 4.69) is 0 Å². The van der Waals surface area contributed by atoms with Crippen molar-refractivity contribution in [3.8, 4) is 0 Å². The predicted molar refractivity (Wildman–Crippen MR) is 73.6 cm³/mol. The Morgan fingerprint density at radius 2 is 1.89 bits per heavy atom. The number of hydrogen-bond donors (Lipinski definition) is 1. The van der Waals surface area contributed by atoms with Gasteiger partial charge in [-0.25, -0.2) is 4.79 Å². The number of nitrogens with two attached hydrogens (primary N) is 1. The molecule has 2 N–H and O–H groups in total. The molecule has 18 heavy (non-hydrogen) atoms. The summed E-state index contributed by atoms with van der Waals surface area (Å²) >= 11 is 0. The van der Waals surface area contributed by atoms with Crippen LogP contribution in [0, 0.1) is 0 Å². The van der Waals surface area contributed by atoms with Crippen molar-refractivity contribution < 1.29 is 9.53 Å². The normalized spacial score (nSPS) is 11.3. The maximum Gasteiger partial charge on any atom is 0.338 e. The van der Waals surface area contributed by atoms with Gasteiger partial charge in [-0.2, -0.15) is 0 Å². The minimum Gasteiger partial charge on any atom is -0.462 e. The van der Waals surface area contributed by atoms with Crippen LogP contribution in [0.1, 0.15) is 49.5 Å². The Morgan fingerprint density at radius 3 is 2.39 bits per heavy atom. The van der Waals surface area contributed by atoms with Gasteiger partial charge < -0.3 is 10.5 Å². The Hall–Kier alpha value is -1.35. The van der Waals surface area contributed by atoms with Crippen molar-refractivity contribution in [1.82, 2.24) is 0 Å². The fourth-order valence-electron chi connectivity index (χ4n) is 1.77. The van der Waals surface area contributed by atoms with Gasteiger partial charge in [0.15, 0.2) is 0 Å². The molecule has 0 atom stereocenters. The Kier molecular flexibility index (Phi) is 5.35. The number of carbonyl (C=O) groups is 1. The first-order chi connectivity index (χ1) is 8.42. The van der Waals surface area contributed by atoms with Crippen LogP contribution in [0.25, 0.3) is 0 Å². The van der Waals surface area contributed by atoms with Crippen LogP contribution >= 0.6 is 0 Å². The maximum absolute atomic E-state index is 11.5. The highest BCUT2D eigenvalue weighted by molar-refractivity contribution is 5.89. The van der Waals surface area contributed by atoms with Crippen LogP contribution in [0.3, 0.4) is 0 Å². The minimum atomic E-state index is -0.257. The third-order valence-electron chi connectivity index (χ3n) is 2.75. The molecule has 0 spiro atoms. The highest BCUT2D eigenvalue weighted by Crippen LogP contribution is 2.13. The molecule has 0 fully saturated rings. The van der Waals surface area contributed by atoms with E-state index in [4.69, 9.17) is 10.5 Å². The van der Waals surface area contributed by atoms with Crippen molar-refractivity contribution in [1.29, 1.82) is 0 Å². The fourth-order valence-corrected chi connectivity index (χ4v) is 1.77. The summed E-state index contributed by atoms with van der Waals surface area (Å²) in [6, 6.07) is 7.60. The summed E-state index contributed by atoms with van der Waals surface area (Å²) in [4.78, 5) is 11.5. The van der Waals surface area contributed by atoms with Gasteiger partial charge in [-0.3, -0.25) is 0 Å². The summed E-state index contributed by atoms with van der Waals surface area (Å²) in [5.74, 6) is -0.257. The molecule has 0 radical (unpaired) electrons. The van der Waals surface area contributed by atoms with Crippen molar-refractivity contribution in [2.75, 3.05) is 6.61 Å². The molecule has 0 amide bonds. The molecule has 0 bridgehead atoms. The van der Waals surface area contributed by atoms with Crippen molar-refractivity contribution in [3.63, 3.8) is 0 Å². The Labute approximate surface area is 109 Å². The van der Waals surface area contributed by atoms with Crippen LogP contribution in [0.2, 0.25) is 0 Å². The van der Waals surface area contributed by atoms with E-state index in [0.29, 0.717) is 12.2 Å². The second-order valence-electron chi connectivity index (χ2n) is 5.26. The number of aryl methyl sites for hydroxylation is 1. The lowest BCUT2D eigenvalue weighted by Crippen LogP contribution is -2.31. The zero-order valence-corrected chi connectivity index (χ0v) is 11.5. The van der Waals surface area contributed by atoms with Gasteiger partial charge >= 0.3 is 5.97 Å². The van der Waals surface area contributed by atoms with Gasteiger partial charge in [-0.1, -0.05) is 12.1 Å². The van der Waals surface area contributed by atoms with Crippen molar-refractivity contribution in [3.05, 3.63) is 35.4 Å². The quantitative estimate of drug-likeness (QED) is 0.789. The smallest absolute Gasteiger partial charge is 0.338 e. The predicted octanol–water partition coefficient (Wildman–Crippen LogP) is 2.92. The molecule has 0 saturated carbocycles. The molecule has 3 nitrogen and oxygen atoms in total. The molecule has 0 heterocycles. The van der Waals surface area contributed by atoms with Crippen molar-refractivity contribution in [2.24, 2.45) is 5.73 Å². The van der Waals surface area contributed by atoms with Crippen molar-refractivity contribution in [2.45, 2.75) is 45.6 Å². The summed E-state index contributed by atoms with van der Waals surface area (Å²) in [6.45, 7) is 6.29. The van der Waals surface area contributed by atoms with E-state index in [0.717, 1.165) is 19.3 Å². The molecular weight excluding hydrogens is 226 g/mol. The summed E-state index contributed by atoms with van der Waals surface area (Å²) in [5, 5.41) is 0. The molecule has 100 valence electrons. The van der Waals surface area contributed by atoms with Gasteiger partial charge in [-0.15, -0.1) is 0 Å². The average Bonchev–Trinajstić information content (AvgIpc) is 2.28. The largest absolute Gasteiger partial charge is 0.462 e. The monoisotopic (exact) mass is 249 g/mol. The lowest BCUT2D eigenvalue weighted by atomic mass is 9.96. The van der Waals surface area contributed by atoms with Crippen LogP contribution in [0.5, 0.6) is 0 Å². The summed E-state index contributed by atoms with van der Waals surface area (Å²) in [7, 11) is 0. The highest BCUT2D eigenvalue weighted by atomic mass is 16.5. The molecular formula is C15H23NO2. The molecule has 1 rings (SSSR count). The third-order valence-corrected chi connectivity index (χ3v) is 2.75. The molecule has 0 aliphatic heterocycles. The molecule has 3 heteroatoms. The third kappa shape index (κ3) is 5.32. The Balaban J connectivity index is 2.48. The van der Waals surface area contributed by atoms with Gasteiger partial charge in [0, 0.05) is 5.54 Å². The lowest BCUT2D eigenvalue weighted by Gasteiger charge is -2.17. The van der Waals surface area contributed by atoms with E-state index in [9.17, 15) is 4.79 Å². The molecule has 0 saturated heterocycles. The Bertz CT molecular complexity index is 376. The van der Waals surface area contributed by atoms with E-state index >= 15 is 0 Å². The van der Waals surface area contributed by atoms with E-state index in [1.807, 2.05) is 38.1 Å².